The van der Waals surface area contributed by atoms with Gasteiger partial charge < -0.3 is 0 Å². The molecule has 106 valence electrons. The predicted octanol–water partition coefficient (Wildman–Crippen LogP) is 5.23. The van der Waals surface area contributed by atoms with Crippen LogP contribution in [0.4, 0.5) is 0 Å². The first-order valence-electron chi connectivity index (χ1n) is 5.89. The van der Waals surface area contributed by atoms with E-state index < -0.39 is 0 Å². The Balaban J connectivity index is -0.000000219. The van der Waals surface area contributed by atoms with Gasteiger partial charge in [-0.2, -0.15) is 12.2 Å². The van der Waals surface area contributed by atoms with Crippen LogP contribution in [0.2, 0.25) is 0 Å². The maximum atomic E-state index is 3.34. The van der Waals surface area contributed by atoms with Crippen molar-refractivity contribution < 1.29 is 24.2 Å². The third kappa shape index (κ3) is 9.77. The Hall–Kier alpha value is 0.293. The SMILES string of the molecule is CC1=[C-]C(C)C=C1C.CC1=[C-]CC=C1C.Cl.Cl.[CH2]=[Zr+2]. The number of halogens is 2. The molecule has 0 aliphatic heterocycles. The Morgan fingerprint density at radius 3 is 1.68 bits per heavy atom. The first kappa shape index (κ1) is 24.3. The molecule has 1 unspecified atom stereocenters. The molecule has 3 heteroatoms. The van der Waals surface area contributed by atoms with Gasteiger partial charge in [-0.25, -0.2) is 22.3 Å². The van der Waals surface area contributed by atoms with Crippen molar-refractivity contribution in [1.29, 1.82) is 0 Å². The van der Waals surface area contributed by atoms with E-state index in [1.54, 1.807) is 0 Å². The summed E-state index contributed by atoms with van der Waals surface area (Å²) in [5.41, 5.74) is 5.41. The zero-order valence-corrected chi connectivity index (χ0v) is 16.6. The van der Waals surface area contributed by atoms with Crippen LogP contribution < -0.4 is 0 Å². The second-order valence-corrected chi connectivity index (χ2v) is 4.30. The quantitative estimate of drug-likeness (QED) is 0.507. The minimum absolute atomic E-state index is 0. The third-order valence-corrected chi connectivity index (χ3v) is 2.90. The number of hydrogen-bond acceptors (Lipinski definition) is 0. The number of allylic oxidation sites excluding steroid dienone is 8. The molecule has 19 heavy (non-hydrogen) atoms. The second kappa shape index (κ2) is 13.3. The molecule has 0 amide bonds. The molecule has 0 fully saturated rings. The van der Waals surface area contributed by atoms with Crippen LogP contribution in [0, 0.1) is 18.1 Å². The van der Waals surface area contributed by atoms with Crippen LogP contribution in [0.15, 0.2) is 34.4 Å². The van der Waals surface area contributed by atoms with Crippen molar-refractivity contribution >= 4 is 29.0 Å². The average molecular weight is 378 g/mol. The van der Waals surface area contributed by atoms with Gasteiger partial charge in [0.25, 0.3) is 0 Å². The summed E-state index contributed by atoms with van der Waals surface area (Å²) in [7, 11) is 0. The summed E-state index contributed by atoms with van der Waals surface area (Å²) in [5, 5.41) is 0. The van der Waals surface area contributed by atoms with Gasteiger partial charge >= 0.3 is 28.4 Å². The fourth-order valence-corrected chi connectivity index (χ4v) is 1.65. The van der Waals surface area contributed by atoms with Crippen molar-refractivity contribution in [3.05, 3.63) is 46.6 Å². The standard InChI is InChI=1S/C8H11.C7H9.CH2.2ClH.Zr/c1-6-4-7(2)8(3)5-6;1-6-4-3-5-7(6)2;;;;/h4,6H,1-3H3;4H,3H2,1-2H3;1H2;2*1H;/q2*-1;;;;+2. The number of rotatable bonds is 0. The molecule has 0 saturated carbocycles. The topological polar surface area (TPSA) is 0 Å². The molecule has 2 aliphatic carbocycles. The zero-order chi connectivity index (χ0) is 13.4. The van der Waals surface area contributed by atoms with Gasteiger partial charge in [-0.3, -0.25) is 12.2 Å². The van der Waals surface area contributed by atoms with Crippen LogP contribution in [0.5, 0.6) is 0 Å². The summed E-state index contributed by atoms with van der Waals surface area (Å²) in [6, 6.07) is 0. The van der Waals surface area contributed by atoms with E-state index in [0.29, 0.717) is 5.92 Å². The van der Waals surface area contributed by atoms with Crippen molar-refractivity contribution in [1.82, 2.24) is 0 Å². The van der Waals surface area contributed by atoms with E-state index in [2.05, 4.69) is 63.1 Å². The third-order valence-electron chi connectivity index (χ3n) is 2.90. The minimum atomic E-state index is 0. The second-order valence-electron chi connectivity index (χ2n) is 4.30. The molecule has 0 N–H and O–H groups in total. The summed E-state index contributed by atoms with van der Waals surface area (Å²) in [5.74, 6) is 0.551. The fourth-order valence-electron chi connectivity index (χ4n) is 1.65. The molecule has 1 atom stereocenters. The van der Waals surface area contributed by atoms with Crippen LogP contribution in [0.25, 0.3) is 0 Å². The van der Waals surface area contributed by atoms with E-state index in [4.69, 9.17) is 0 Å². The first-order valence-corrected chi connectivity index (χ1v) is 7.63. The molecule has 0 bridgehead atoms. The van der Waals surface area contributed by atoms with Crippen LogP contribution >= 0.6 is 24.8 Å². The van der Waals surface area contributed by atoms with Crippen molar-refractivity contribution in [2.24, 2.45) is 5.92 Å². The van der Waals surface area contributed by atoms with Crippen molar-refractivity contribution in [3.8, 4) is 0 Å². The molecular weight excluding hydrogens is 354 g/mol. The molecule has 0 nitrogen and oxygen atoms in total. The Bertz CT molecular complexity index is 342. The van der Waals surface area contributed by atoms with Gasteiger partial charge in [0.05, 0.1) is 0 Å². The molecule has 0 aromatic heterocycles. The summed E-state index contributed by atoms with van der Waals surface area (Å²) in [6.07, 6.45) is 11.9. The Morgan fingerprint density at radius 1 is 1.05 bits per heavy atom. The Labute approximate surface area is 146 Å². The van der Waals surface area contributed by atoms with Gasteiger partial charge in [-0.05, 0) is 0 Å². The molecule has 0 spiro atoms. The van der Waals surface area contributed by atoms with Gasteiger partial charge in [-0.15, -0.1) is 45.1 Å². The monoisotopic (exact) mass is 376 g/mol. The van der Waals surface area contributed by atoms with E-state index in [9.17, 15) is 0 Å². The van der Waals surface area contributed by atoms with Gasteiger partial charge in [-0.1, -0.05) is 26.7 Å². The van der Waals surface area contributed by atoms with E-state index >= 15 is 0 Å². The van der Waals surface area contributed by atoms with E-state index in [1.807, 2.05) is 0 Å². The van der Waals surface area contributed by atoms with Gasteiger partial charge in [0.2, 0.25) is 0 Å². The molecule has 0 saturated heterocycles. The van der Waals surface area contributed by atoms with Crippen LogP contribution in [-0.2, 0) is 24.2 Å². The van der Waals surface area contributed by atoms with E-state index in [-0.39, 0.29) is 24.8 Å². The van der Waals surface area contributed by atoms with Crippen LogP contribution in [0.3, 0.4) is 0 Å². The van der Waals surface area contributed by atoms with Crippen molar-refractivity contribution in [2.45, 2.75) is 41.0 Å². The molecule has 0 aromatic carbocycles. The maximum absolute atomic E-state index is 3.34. The average Bonchev–Trinajstić information content (AvgIpc) is 2.79. The summed E-state index contributed by atoms with van der Waals surface area (Å²) in [6.45, 7) is 10.6. The van der Waals surface area contributed by atoms with Crippen molar-refractivity contribution in [2.75, 3.05) is 0 Å². The van der Waals surface area contributed by atoms with Crippen LogP contribution in [-0.4, -0.2) is 4.21 Å². The molecule has 0 aromatic rings. The molecule has 0 radical (unpaired) electrons. The van der Waals surface area contributed by atoms with Gasteiger partial charge in [0.15, 0.2) is 0 Å². The molecule has 0 heterocycles. The van der Waals surface area contributed by atoms with Gasteiger partial charge in [0, 0.05) is 0 Å². The summed E-state index contributed by atoms with van der Waals surface area (Å²) in [4.78, 5) is 0. The zero-order valence-electron chi connectivity index (χ0n) is 12.5. The molecule has 2 rings (SSSR count). The summed E-state index contributed by atoms with van der Waals surface area (Å²) < 4.78 is 3.34. The van der Waals surface area contributed by atoms with E-state index in [1.165, 1.54) is 46.5 Å². The normalized spacial score (nSPS) is 19.0. The number of hydrogen-bond donors (Lipinski definition) is 0. The molecule has 2 aliphatic rings. The van der Waals surface area contributed by atoms with Crippen LogP contribution in [0.1, 0.15) is 41.0 Å². The summed E-state index contributed by atoms with van der Waals surface area (Å²) >= 11 is 1.30. The first-order chi connectivity index (χ1) is 8.00. The Morgan fingerprint density at radius 2 is 1.58 bits per heavy atom. The molecular formula is C16H24Cl2Zr. The van der Waals surface area contributed by atoms with Gasteiger partial charge in [0.1, 0.15) is 0 Å². The fraction of sp³-hybridized carbons (Fsp3) is 0.438. The van der Waals surface area contributed by atoms with Crippen molar-refractivity contribution in [3.63, 3.8) is 0 Å². The Kier molecular flexibility index (Phi) is 17.0. The predicted molar refractivity (Wildman–Crippen MR) is 87.8 cm³/mol. The van der Waals surface area contributed by atoms with E-state index in [0.717, 1.165) is 6.42 Å².